The lowest BCUT2D eigenvalue weighted by molar-refractivity contribution is -0.147. The molecule has 0 bridgehead atoms. The Morgan fingerprint density at radius 1 is 1.28 bits per heavy atom. The zero-order valence-electron chi connectivity index (χ0n) is 11.7. The Labute approximate surface area is 110 Å². The maximum Gasteiger partial charge on any atom is 0.251 e. The number of nitrogens with one attached hydrogen (secondary N) is 1. The molecule has 0 aliphatic carbocycles. The third kappa shape index (κ3) is 3.69. The summed E-state index contributed by atoms with van der Waals surface area (Å²) in [5.74, 6) is 0.174. The highest BCUT2D eigenvalue weighted by Gasteiger charge is 2.26. The van der Waals surface area contributed by atoms with Crippen LogP contribution in [0.2, 0.25) is 0 Å². The summed E-state index contributed by atoms with van der Waals surface area (Å²) in [6.07, 6.45) is 5.64. The smallest absolute Gasteiger partial charge is 0.251 e. The van der Waals surface area contributed by atoms with E-state index in [2.05, 4.69) is 12.2 Å². The zero-order chi connectivity index (χ0) is 13.0. The van der Waals surface area contributed by atoms with E-state index in [1.54, 1.807) is 0 Å². The molecule has 2 aliphatic heterocycles. The highest BCUT2D eigenvalue weighted by atomic mass is 16.5. The van der Waals surface area contributed by atoms with Crippen LogP contribution in [0.5, 0.6) is 0 Å². The molecular formula is C14H26N2O2. The molecule has 2 heterocycles. The summed E-state index contributed by atoms with van der Waals surface area (Å²) >= 11 is 0. The van der Waals surface area contributed by atoms with Gasteiger partial charge in [0.25, 0.3) is 5.91 Å². The minimum Gasteiger partial charge on any atom is -0.364 e. The molecule has 2 fully saturated rings. The molecule has 0 aromatic carbocycles. The predicted octanol–water partition coefficient (Wildman–Crippen LogP) is 1.54. The van der Waals surface area contributed by atoms with Gasteiger partial charge in [0.15, 0.2) is 0 Å². The van der Waals surface area contributed by atoms with E-state index in [4.69, 9.17) is 4.74 Å². The van der Waals surface area contributed by atoms with Gasteiger partial charge in [-0.2, -0.15) is 0 Å². The van der Waals surface area contributed by atoms with Crippen LogP contribution >= 0.6 is 0 Å². The first-order chi connectivity index (χ1) is 8.66. The van der Waals surface area contributed by atoms with Crippen molar-refractivity contribution in [2.75, 3.05) is 19.6 Å². The van der Waals surface area contributed by atoms with Crippen LogP contribution in [0.4, 0.5) is 0 Å². The molecule has 18 heavy (non-hydrogen) atoms. The maximum absolute atomic E-state index is 12.2. The monoisotopic (exact) mass is 254 g/mol. The third-order valence-corrected chi connectivity index (χ3v) is 4.03. The van der Waals surface area contributed by atoms with E-state index in [9.17, 15) is 4.79 Å². The SMILES string of the molecule is CC1CCC(OC(C)C(=O)N2CCCCC2)CN1. The molecule has 4 nitrogen and oxygen atoms in total. The summed E-state index contributed by atoms with van der Waals surface area (Å²) in [6, 6.07) is 0.581. The molecule has 0 saturated carbocycles. The van der Waals surface area contributed by atoms with Crippen molar-refractivity contribution >= 4 is 5.91 Å². The quantitative estimate of drug-likeness (QED) is 0.831. The van der Waals surface area contributed by atoms with Crippen molar-refractivity contribution in [3.63, 3.8) is 0 Å². The van der Waals surface area contributed by atoms with Crippen LogP contribution in [0.25, 0.3) is 0 Å². The Morgan fingerprint density at radius 3 is 2.61 bits per heavy atom. The lowest BCUT2D eigenvalue weighted by Crippen LogP contribution is -2.46. The molecule has 2 rings (SSSR count). The van der Waals surface area contributed by atoms with Gasteiger partial charge >= 0.3 is 0 Å². The number of rotatable bonds is 3. The highest BCUT2D eigenvalue weighted by Crippen LogP contribution is 2.15. The molecule has 1 N–H and O–H groups in total. The molecule has 4 heteroatoms. The number of hydrogen-bond acceptors (Lipinski definition) is 3. The van der Waals surface area contributed by atoms with Gasteiger partial charge < -0.3 is 15.0 Å². The second kappa shape index (κ2) is 6.53. The van der Waals surface area contributed by atoms with E-state index >= 15 is 0 Å². The van der Waals surface area contributed by atoms with Gasteiger partial charge in [-0.25, -0.2) is 0 Å². The Bertz CT molecular complexity index is 269. The standard InChI is InChI=1S/C14H26N2O2/c1-11-6-7-13(10-15-11)18-12(2)14(17)16-8-4-3-5-9-16/h11-13,15H,3-10H2,1-2H3. The Balaban J connectivity index is 1.76. The van der Waals surface area contributed by atoms with Crippen molar-refractivity contribution < 1.29 is 9.53 Å². The summed E-state index contributed by atoms with van der Waals surface area (Å²) in [5.41, 5.74) is 0. The van der Waals surface area contributed by atoms with Gasteiger partial charge in [-0.15, -0.1) is 0 Å². The summed E-state index contributed by atoms with van der Waals surface area (Å²) < 4.78 is 5.90. The number of carbonyl (C=O) groups excluding carboxylic acids is 1. The molecule has 1 amide bonds. The highest BCUT2D eigenvalue weighted by molar-refractivity contribution is 5.80. The molecule has 0 spiro atoms. The Hall–Kier alpha value is -0.610. The van der Waals surface area contributed by atoms with Crippen molar-refractivity contribution in [1.29, 1.82) is 0 Å². The first kappa shape index (κ1) is 13.8. The lowest BCUT2D eigenvalue weighted by atomic mass is 10.0. The van der Waals surface area contributed by atoms with Crippen LogP contribution in [0.15, 0.2) is 0 Å². The molecule has 0 radical (unpaired) electrons. The van der Waals surface area contributed by atoms with Gasteiger partial charge in [0.2, 0.25) is 0 Å². The third-order valence-electron chi connectivity index (χ3n) is 4.03. The summed E-state index contributed by atoms with van der Waals surface area (Å²) in [5, 5.41) is 3.41. The zero-order valence-corrected chi connectivity index (χ0v) is 11.7. The van der Waals surface area contributed by atoms with Gasteiger partial charge in [0, 0.05) is 25.7 Å². The molecule has 3 atom stereocenters. The van der Waals surface area contributed by atoms with E-state index in [-0.39, 0.29) is 18.1 Å². The first-order valence-corrected chi connectivity index (χ1v) is 7.34. The summed E-state index contributed by atoms with van der Waals surface area (Å²) in [7, 11) is 0. The Morgan fingerprint density at radius 2 is 2.00 bits per heavy atom. The number of piperidine rings is 2. The lowest BCUT2D eigenvalue weighted by Gasteiger charge is -2.33. The molecule has 2 saturated heterocycles. The molecule has 104 valence electrons. The van der Waals surface area contributed by atoms with E-state index in [1.165, 1.54) is 6.42 Å². The van der Waals surface area contributed by atoms with Crippen molar-refractivity contribution in [1.82, 2.24) is 10.2 Å². The topological polar surface area (TPSA) is 41.6 Å². The van der Waals surface area contributed by atoms with Crippen molar-refractivity contribution in [3.8, 4) is 0 Å². The number of ether oxygens (including phenoxy) is 1. The second-order valence-electron chi connectivity index (χ2n) is 5.67. The maximum atomic E-state index is 12.2. The Kier molecular flexibility index (Phi) is 5.01. The van der Waals surface area contributed by atoms with Crippen LogP contribution in [0.1, 0.15) is 46.0 Å². The van der Waals surface area contributed by atoms with Crippen LogP contribution in [0, 0.1) is 0 Å². The van der Waals surface area contributed by atoms with Gasteiger partial charge in [-0.1, -0.05) is 0 Å². The fourth-order valence-electron chi connectivity index (χ4n) is 2.81. The number of likely N-dealkylation sites (tertiary alicyclic amines) is 1. The number of nitrogens with zero attached hydrogens (tertiary/aromatic N) is 1. The molecule has 0 aromatic rings. The molecule has 3 unspecified atom stereocenters. The van der Waals surface area contributed by atoms with Gasteiger partial charge in [0.05, 0.1) is 6.10 Å². The minimum absolute atomic E-state index is 0.174. The number of amides is 1. The van der Waals surface area contributed by atoms with E-state index in [0.29, 0.717) is 6.04 Å². The van der Waals surface area contributed by atoms with Crippen LogP contribution in [0.3, 0.4) is 0 Å². The van der Waals surface area contributed by atoms with E-state index in [1.807, 2.05) is 11.8 Å². The molecule has 0 aromatic heterocycles. The fraction of sp³-hybridized carbons (Fsp3) is 0.929. The summed E-state index contributed by atoms with van der Waals surface area (Å²) in [4.78, 5) is 14.2. The average molecular weight is 254 g/mol. The van der Waals surface area contributed by atoms with Gasteiger partial charge in [-0.3, -0.25) is 4.79 Å². The van der Waals surface area contributed by atoms with Crippen molar-refractivity contribution in [3.05, 3.63) is 0 Å². The average Bonchev–Trinajstić information content (AvgIpc) is 2.41. The molecule has 2 aliphatic rings. The number of hydrogen-bond donors (Lipinski definition) is 1. The van der Waals surface area contributed by atoms with E-state index in [0.717, 1.165) is 45.3 Å². The van der Waals surface area contributed by atoms with Crippen LogP contribution in [-0.4, -0.2) is 48.7 Å². The molecular weight excluding hydrogens is 228 g/mol. The van der Waals surface area contributed by atoms with E-state index < -0.39 is 0 Å². The van der Waals surface area contributed by atoms with Crippen molar-refractivity contribution in [2.24, 2.45) is 0 Å². The predicted molar refractivity (Wildman–Crippen MR) is 71.5 cm³/mol. The van der Waals surface area contributed by atoms with Gasteiger partial charge in [-0.05, 0) is 46.0 Å². The van der Waals surface area contributed by atoms with Crippen molar-refractivity contribution in [2.45, 2.75) is 64.2 Å². The first-order valence-electron chi connectivity index (χ1n) is 7.34. The number of carbonyl (C=O) groups is 1. The normalized spacial score (nSPS) is 31.1. The van der Waals surface area contributed by atoms with Crippen LogP contribution in [-0.2, 0) is 9.53 Å². The fourth-order valence-corrected chi connectivity index (χ4v) is 2.81. The summed E-state index contributed by atoms with van der Waals surface area (Å²) in [6.45, 7) is 6.78. The second-order valence-corrected chi connectivity index (χ2v) is 5.67. The van der Waals surface area contributed by atoms with Crippen LogP contribution < -0.4 is 5.32 Å². The largest absolute Gasteiger partial charge is 0.364 e. The minimum atomic E-state index is -0.289. The van der Waals surface area contributed by atoms with Gasteiger partial charge in [0.1, 0.15) is 6.10 Å².